The Morgan fingerprint density at radius 1 is 0.686 bits per heavy atom. The van der Waals surface area contributed by atoms with Crippen molar-refractivity contribution in [1.82, 2.24) is 0 Å². The second kappa shape index (κ2) is 25.7. The highest BCUT2D eigenvalue weighted by atomic mass is 19.4. The van der Waals surface area contributed by atoms with Crippen LogP contribution in [0.1, 0.15) is 106 Å². The predicted molar refractivity (Wildman–Crippen MR) is 269 cm³/mol. The summed E-state index contributed by atoms with van der Waals surface area (Å²) in [6.07, 6.45) is 3.77. The molecule has 0 aliphatic carbocycles. The molecule has 11 nitrogen and oxygen atoms in total. The van der Waals surface area contributed by atoms with Gasteiger partial charge in [0.05, 0.1) is 35.4 Å². The number of carboxylic acid groups (broad SMARTS) is 2. The number of rotatable bonds is 25. The van der Waals surface area contributed by atoms with Crippen LogP contribution in [0.3, 0.4) is 0 Å². The van der Waals surface area contributed by atoms with Gasteiger partial charge in [0.2, 0.25) is 0 Å². The van der Waals surface area contributed by atoms with Gasteiger partial charge in [-0.2, -0.15) is 13.2 Å². The molecule has 6 aromatic rings. The molecule has 1 fully saturated rings. The zero-order valence-electron chi connectivity index (χ0n) is 43.3. The molecule has 4 aromatic carbocycles. The van der Waals surface area contributed by atoms with Gasteiger partial charge in [-0.3, -0.25) is 9.59 Å². The summed E-state index contributed by atoms with van der Waals surface area (Å²) in [5.74, 6) is 0.635. The molecule has 1 saturated heterocycles. The van der Waals surface area contributed by atoms with Crippen LogP contribution < -0.4 is 24.2 Å². The summed E-state index contributed by atoms with van der Waals surface area (Å²) < 4.78 is 90.4. The number of hydrogen-bond acceptors (Lipinski definition) is 9. The third kappa shape index (κ3) is 15.6. The van der Waals surface area contributed by atoms with E-state index in [2.05, 4.69) is 21.9 Å². The minimum Gasteiger partial charge on any atom is -0.493 e. The highest BCUT2D eigenvalue weighted by molar-refractivity contribution is 5.67. The Bertz CT molecular complexity index is 2650. The van der Waals surface area contributed by atoms with Gasteiger partial charge in [-0.05, 0) is 182 Å². The smallest absolute Gasteiger partial charge is 0.416 e. The first kappa shape index (κ1) is 48.2. The number of hydrogen-bond donors (Lipinski definition) is 2. The van der Waals surface area contributed by atoms with Gasteiger partial charge in [0.15, 0.2) is 0 Å². The lowest BCUT2D eigenvalue weighted by atomic mass is 10.1. The lowest BCUT2D eigenvalue weighted by Gasteiger charge is -2.35. The van der Waals surface area contributed by atoms with Crippen molar-refractivity contribution in [3.05, 3.63) is 138 Å². The van der Waals surface area contributed by atoms with Gasteiger partial charge in [0, 0.05) is 90.3 Å². The number of alkyl halides is 3. The molecular formula is C56H66F3N3O8. The van der Waals surface area contributed by atoms with Crippen molar-refractivity contribution in [2.45, 2.75) is 117 Å². The minimum atomic E-state index is -4.66. The third-order valence-corrected chi connectivity index (χ3v) is 11.7. The van der Waals surface area contributed by atoms with Gasteiger partial charge in [0.1, 0.15) is 23.0 Å². The van der Waals surface area contributed by atoms with Crippen LogP contribution in [-0.2, 0) is 28.8 Å². The normalized spacial score (nSPS) is 13.3. The van der Waals surface area contributed by atoms with Crippen LogP contribution in [0, 0.1) is 0 Å². The molecule has 0 amide bonds. The van der Waals surface area contributed by atoms with Crippen molar-refractivity contribution in [2.75, 3.05) is 41.0 Å². The summed E-state index contributed by atoms with van der Waals surface area (Å²) in [6, 6.07) is 30.3. The number of halogens is 3. The Morgan fingerprint density at radius 2 is 1.20 bits per heavy atom. The Kier molecular flexibility index (Phi) is 17.7. The van der Waals surface area contributed by atoms with Gasteiger partial charge >= 0.3 is 18.1 Å². The fraction of sp³-hybridized carbons (Fsp3) is 0.393. The quantitative estimate of drug-likeness (QED) is 0.0532. The Labute approximate surface area is 413 Å². The summed E-state index contributed by atoms with van der Waals surface area (Å²) in [7, 11) is 0. The van der Waals surface area contributed by atoms with Crippen LogP contribution >= 0.6 is 0 Å². The van der Waals surface area contributed by atoms with E-state index in [1.165, 1.54) is 17.0 Å². The maximum absolute atomic E-state index is 13.6. The summed E-state index contributed by atoms with van der Waals surface area (Å²) in [5, 5.41) is 17.6. The zero-order valence-corrected chi connectivity index (χ0v) is 40.3. The second-order valence-electron chi connectivity index (χ2n) is 17.6. The molecule has 14 heteroatoms. The van der Waals surface area contributed by atoms with Crippen LogP contribution in [-0.4, -0.2) is 60.5 Å². The average molecular weight is 969 g/mol. The first-order valence-electron chi connectivity index (χ1n) is 25.4. The summed E-state index contributed by atoms with van der Waals surface area (Å²) >= 11 is 0. The summed E-state index contributed by atoms with van der Waals surface area (Å²) in [6.45, 7) is 8.27. The van der Waals surface area contributed by atoms with E-state index < -0.39 is 42.2 Å². The zero-order chi connectivity index (χ0) is 52.8. The minimum absolute atomic E-state index is 0.00842. The third-order valence-electron chi connectivity index (χ3n) is 11.7. The van der Waals surface area contributed by atoms with E-state index in [9.17, 15) is 22.8 Å². The average Bonchev–Trinajstić information content (AvgIpc) is 4.07. The van der Waals surface area contributed by atoms with Crippen molar-refractivity contribution in [2.24, 2.45) is 0 Å². The van der Waals surface area contributed by atoms with E-state index in [0.717, 1.165) is 78.0 Å². The maximum Gasteiger partial charge on any atom is 0.416 e. The molecule has 374 valence electrons. The molecule has 70 heavy (non-hydrogen) atoms. The number of carbonyl (C=O) groups is 2. The van der Waals surface area contributed by atoms with E-state index in [4.69, 9.17) is 32.6 Å². The predicted octanol–water partition coefficient (Wildman–Crippen LogP) is 14.0. The highest BCUT2D eigenvalue weighted by Crippen LogP contribution is 2.36. The van der Waals surface area contributed by atoms with Crippen molar-refractivity contribution < 1.29 is 55.4 Å². The molecule has 0 radical (unpaired) electrons. The Balaban J connectivity index is 0.000000238. The molecule has 0 bridgehead atoms. The first-order valence-corrected chi connectivity index (χ1v) is 23.9. The molecule has 0 unspecified atom stereocenters. The Hall–Kier alpha value is -6.83. The molecule has 0 atom stereocenters. The molecule has 7 rings (SSSR count). The van der Waals surface area contributed by atoms with Gasteiger partial charge < -0.3 is 43.2 Å². The molecule has 0 saturated carbocycles. The maximum atomic E-state index is 13.6. The molecule has 0 spiro atoms. The molecule has 3 heterocycles. The summed E-state index contributed by atoms with van der Waals surface area (Å²) in [4.78, 5) is 27.2. The van der Waals surface area contributed by atoms with E-state index in [1.807, 2.05) is 56.3 Å². The van der Waals surface area contributed by atoms with Crippen LogP contribution in [0.15, 0.2) is 131 Å². The van der Waals surface area contributed by atoms with Crippen molar-refractivity contribution >= 4 is 29.0 Å². The Morgan fingerprint density at radius 3 is 1.64 bits per heavy atom. The number of aliphatic carboxylic acids is 2. The van der Waals surface area contributed by atoms with Crippen molar-refractivity contribution in [3.63, 3.8) is 0 Å². The van der Waals surface area contributed by atoms with Crippen molar-refractivity contribution in [3.8, 4) is 34.1 Å². The molecule has 2 aromatic heterocycles. The van der Waals surface area contributed by atoms with Gasteiger partial charge in [-0.1, -0.05) is 0 Å². The van der Waals surface area contributed by atoms with Gasteiger partial charge in [0.25, 0.3) is 0 Å². The first-order chi connectivity index (χ1) is 34.7. The highest BCUT2D eigenvalue weighted by Gasteiger charge is 2.31. The fourth-order valence-electron chi connectivity index (χ4n) is 7.77. The lowest BCUT2D eigenvalue weighted by molar-refractivity contribution is -0.138. The number of benzene rings is 4. The van der Waals surface area contributed by atoms with Crippen LogP contribution in [0.5, 0.6) is 11.5 Å². The largest absolute Gasteiger partial charge is 0.493 e. The molecule has 1 aliphatic heterocycles. The standard InChI is InChI=1S/C29H36N2O4.C27H30F3NO4/c1-22(2)31(25-12-10-23(11-13-25)27-8-6-19-35-27)21-24-20-26(30-16-7-17-30)14-15-28(24)34-18-5-3-4-9-29(32)33;1-19(2)31(23-12-9-20(10-13-23)24-7-6-16-35-24)18-21-17-22(27(28,29)30)11-14-25(21)34-15-5-3-4-8-26(32)33/h6,8,10-15,19-20,22H,3-5,7,9,16-18,21H2,1-2H3,(H,32,33);6-7,9-14,16-17,19H,3-5,8,15,18H2,1-2H3,(H,32,33)/i22D;18D2. The van der Waals surface area contributed by atoms with Crippen LogP contribution in [0.4, 0.5) is 30.2 Å². The van der Waals surface area contributed by atoms with Gasteiger partial charge in [-0.15, -0.1) is 0 Å². The number of nitrogens with zero attached hydrogens (tertiary/aromatic N) is 3. The van der Waals surface area contributed by atoms with E-state index in [1.54, 1.807) is 62.8 Å². The molecule has 1 aliphatic rings. The topological polar surface area (TPSA) is 129 Å². The van der Waals surface area contributed by atoms with Crippen LogP contribution in [0.25, 0.3) is 22.6 Å². The number of ether oxygens (including phenoxy) is 2. The van der Waals surface area contributed by atoms with E-state index >= 15 is 0 Å². The monoisotopic (exact) mass is 968 g/mol. The SMILES string of the molecule is [2H]C(C)(C)N(Cc1cc(N2CCC2)ccc1OCCCCCC(=O)O)c1ccc(-c2ccco2)cc1.[2H]C([2H])(c1cc(C(F)(F)F)ccc1OCCCCCC(=O)O)N(c1ccc(-c2ccco2)cc1)C(C)C. The van der Waals surface area contributed by atoms with E-state index in [-0.39, 0.29) is 30.8 Å². The van der Waals surface area contributed by atoms with Crippen LogP contribution in [0.2, 0.25) is 0 Å². The lowest BCUT2D eigenvalue weighted by Crippen LogP contribution is -2.37. The number of unbranched alkanes of at least 4 members (excludes halogenated alkanes) is 4. The second-order valence-corrected chi connectivity index (χ2v) is 17.6. The fourth-order valence-corrected chi connectivity index (χ4v) is 7.77. The van der Waals surface area contributed by atoms with Crippen molar-refractivity contribution in [1.29, 1.82) is 0 Å². The summed E-state index contributed by atoms with van der Waals surface area (Å²) in [5.41, 5.74) is 4.23. The van der Waals surface area contributed by atoms with E-state index in [0.29, 0.717) is 50.3 Å². The number of carboxylic acids is 2. The molecule has 2 N–H and O–H groups in total. The number of furan rings is 2. The van der Waals surface area contributed by atoms with Gasteiger partial charge in [-0.25, -0.2) is 0 Å². The number of anilines is 3. The molecular weight excluding hydrogens is 900 g/mol.